The van der Waals surface area contributed by atoms with Gasteiger partial charge in [0, 0.05) is 12.7 Å². The van der Waals surface area contributed by atoms with Crippen molar-refractivity contribution in [1.82, 2.24) is 5.32 Å². The van der Waals surface area contributed by atoms with Crippen molar-refractivity contribution < 1.29 is 4.79 Å². The van der Waals surface area contributed by atoms with E-state index in [-0.39, 0.29) is 11.4 Å². The molecule has 3 nitrogen and oxygen atoms in total. The van der Waals surface area contributed by atoms with Crippen molar-refractivity contribution in [3.05, 3.63) is 29.8 Å². The fourth-order valence-electron chi connectivity index (χ4n) is 2.82. The average Bonchev–Trinajstić information content (AvgIpc) is 2.87. The van der Waals surface area contributed by atoms with Crippen molar-refractivity contribution >= 4 is 11.6 Å². The summed E-state index contributed by atoms with van der Waals surface area (Å²) in [5.41, 5.74) is 1.80. The molecule has 0 bridgehead atoms. The second-order valence-corrected chi connectivity index (χ2v) is 5.24. The van der Waals surface area contributed by atoms with E-state index in [1.807, 2.05) is 39.2 Å². The fourth-order valence-corrected chi connectivity index (χ4v) is 2.82. The van der Waals surface area contributed by atoms with Crippen molar-refractivity contribution in [3.63, 3.8) is 0 Å². The molecule has 3 heteroatoms. The van der Waals surface area contributed by atoms with Crippen molar-refractivity contribution in [1.29, 1.82) is 0 Å². The number of rotatable bonds is 3. The number of likely N-dealkylation sites (N-methyl/N-ethyl adjacent to an activating group) is 2. The van der Waals surface area contributed by atoms with Gasteiger partial charge in [-0.1, -0.05) is 25.0 Å². The first-order valence-electron chi connectivity index (χ1n) is 6.63. The minimum absolute atomic E-state index is 0.188. The van der Waals surface area contributed by atoms with Crippen LogP contribution < -0.4 is 10.2 Å². The Kier molecular flexibility index (Phi) is 3.71. The van der Waals surface area contributed by atoms with Gasteiger partial charge in [-0.25, -0.2) is 0 Å². The second kappa shape index (κ2) is 5.11. The standard InChI is InChI=1S/C15H22N2O/c1-12-7-6-8-13(11-12)17(3)14(18)15(16-2)9-4-5-10-15/h6-8,11,16H,4-5,9-10H2,1-3H3. The molecule has 18 heavy (non-hydrogen) atoms. The maximum atomic E-state index is 12.7. The molecule has 0 atom stereocenters. The maximum absolute atomic E-state index is 12.7. The molecular weight excluding hydrogens is 224 g/mol. The topological polar surface area (TPSA) is 32.3 Å². The van der Waals surface area contributed by atoms with Crippen LogP contribution in [0.15, 0.2) is 24.3 Å². The second-order valence-electron chi connectivity index (χ2n) is 5.24. The van der Waals surface area contributed by atoms with E-state index >= 15 is 0 Å². The van der Waals surface area contributed by atoms with Crippen LogP contribution in [0.1, 0.15) is 31.2 Å². The molecule has 1 aromatic carbocycles. The Morgan fingerprint density at radius 2 is 2.00 bits per heavy atom. The number of anilines is 1. The van der Waals surface area contributed by atoms with Crippen LogP contribution in [0.25, 0.3) is 0 Å². The molecule has 1 aliphatic rings. The first kappa shape index (κ1) is 13.1. The lowest BCUT2D eigenvalue weighted by Crippen LogP contribution is -2.54. The number of nitrogens with zero attached hydrogens (tertiary/aromatic N) is 1. The Bertz CT molecular complexity index is 436. The van der Waals surface area contributed by atoms with E-state index in [0.717, 1.165) is 31.4 Å². The zero-order valence-corrected chi connectivity index (χ0v) is 11.5. The molecule has 1 amide bonds. The predicted octanol–water partition coefficient (Wildman–Crippen LogP) is 2.49. The summed E-state index contributed by atoms with van der Waals surface area (Å²) in [6, 6.07) is 8.08. The van der Waals surface area contributed by atoms with E-state index in [0.29, 0.717) is 0 Å². The van der Waals surface area contributed by atoms with Gasteiger partial charge in [-0.15, -0.1) is 0 Å². The Morgan fingerprint density at radius 3 is 2.56 bits per heavy atom. The van der Waals surface area contributed by atoms with Crippen LogP contribution >= 0.6 is 0 Å². The van der Waals surface area contributed by atoms with Crippen molar-refractivity contribution in [3.8, 4) is 0 Å². The Hall–Kier alpha value is -1.35. The minimum Gasteiger partial charge on any atom is -0.314 e. The lowest BCUT2D eigenvalue weighted by molar-refractivity contribution is -0.124. The van der Waals surface area contributed by atoms with Gasteiger partial charge in [-0.05, 0) is 44.5 Å². The van der Waals surface area contributed by atoms with Gasteiger partial charge in [0.1, 0.15) is 0 Å². The zero-order valence-electron chi connectivity index (χ0n) is 11.5. The van der Waals surface area contributed by atoms with Crippen LogP contribution in [0, 0.1) is 6.92 Å². The third-order valence-corrected chi connectivity index (χ3v) is 4.04. The van der Waals surface area contributed by atoms with Gasteiger partial charge < -0.3 is 10.2 Å². The number of hydrogen-bond donors (Lipinski definition) is 1. The van der Waals surface area contributed by atoms with Gasteiger partial charge in [0.2, 0.25) is 5.91 Å². The van der Waals surface area contributed by atoms with E-state index in [1.165, 1.54) is 5.56 Å². The number of hydrogen-bond acceptors (Lipinski definition) is 2. The molecule has 1 aliphatic carbocycles. The number of carbonyl (C=O) groups excluding carboxylic acids is 1. The van der Waals surface area contributed by atoms with E-state index < -0.39 is 0 Å². The molecular formula is C15H22N2O. The molecule has 0 saturated heterocycles. The number of amides is 1. The summed E-state index contributed by atoms with van der Waals surface area (Å²) in [6.07, 6.45) is 4.15. The molecule has 1 N–H and O–H groups in total. The number of carbonyl (C=O) groups is 1. The molecule has 0 radical (unpaired) electrons. The molecule has 1 fully saturated rings. The Labute approximate surface area is 109 Å². The highest BCUT2D eigenvalue weighted by atomic mass is 16.2. The lowest BCUT2D eigenvalue weighted by Gasteiger charge is -2.32. The molecule has 98 valence electrons. The van der Waals surface area contributed by atoms with Gasteiger partial charge in [0.05, 0.1) is 5.54 Å². The molecule has 0 spiro atoms. The Morgan fingerprint density at radius 1 is 1.33 bits per heavy atom. The third-order valence-electron chi connectivity index (χ3n) is 4.04. The largest absolute Gasteiger partial charge is 0.314 e. The average molecular weight is 246 g/mol. The first-order valence-corrected chi connectivity index (χ1v) is 6.63. The molecule has 0 aliphatic heterocycles. The minimum atomic E-state index is -0.349. The summed E-state index contributed by atoms with van der Waals surface area (Å²) >= 11 is 0. The molecule has 2 rings (SSSR count). The first-order chi connectivity index (χ1) is 8.59. The van der Waals surface area contributed by atoms with E-state index in [4.69, 9.17) is 0 Å². The summed E-state index contributed by atoms with van der Waals surface area (Å²) < 4.78 is 0. The van der Waals surface area contributed by atoms with Crippen molar-refractivity contribution in [2.24, 2.45) is 0 Å². The summed E-state index contributed by atoms with van der Waals surface area (Å²) in [6.45, 7) is 2.05. The molecule has 0 unspecified atom stereocenters. The smallest absolute Gasteiger partial charge is 0.247 e. The highest BCUT2D eigenvalue weighted by molar-refractivity contribution is 6.00. The summed E-state index contributed by atoms with van der Waals surface area (Å²) in [4.78, 5) is 14.5. The number of nitrogens with one attached hydrogen (secondary N) is 1. The lowest BCUT2D eigenvalue weighted by atomic mass is 9.95. The van der Waals surface area contributed by atoms with Crippen LogP contribution in [-0.4, -0.2) is 25.5 Å². The van der Waals surface area contributed by atoms with Crippen LogP contribution in [-0.2, 0) is 4.79 Å². The van der Waals surface area contributed by atoms with Crippen LogP contribution in [0.4, 0.5) is 5.69 Å². The highest BCUT2D eigenvalue weighted by Gasteiger charge is 2.41. The normalized spacial score (nSPS) is 17.7. The summed E-state index contributed by atoms with van der Waals surface area (Å²) in [5, 5.41) is 3.25. The third kappa shape index (κ3) is 2.27. The van der Waals surface area contributed by atoms with Gasteiger partial charge in [0.15, 0.2) is 0 Å². The maximum Gasteiger partial charge on any atom is 0.247 e. The van der Waals surface area contributed by atoms with E-state index in [2.05, 4.69) is 11.4 Å². The quantitative estimate of drug-likeness (QED) is 0.888. The molecule has 1 saturated carbocycles. The summed E-state index contributed by atoms with van der Waals surface area (Å²) in [7, 11) is 3.77. The summed E-state index contributed by atoms with van der Waals surface area (Å²) in [5.74, 6) is 0.188. The monoisotopic (exact) mass is 246 g/mol. The van der Waals surface area contributed by atoms with E-state index in [9.17, 15) is 4.79 Å². The predicted molar refractivity (Wildman–Crippen MR) is 74.8 cm³/mol. The van der Waals surface area contributed by atoms with Crippen molar-refractivity contribution in [2.75, 3.05) is 19.0 Å². The number of aryl methyl sites for hydroxylation is 1. The molecule has 1 aromatic rings. The SMILES string of the molecule is CNC1(C(=O)N(C)c2cccc(C)c2)CCCC1. The van der Waals surface area contributed by atoms with Crippen LogP contribution in [0.3, 0.4) is 0 Å². The van der Waals surface area contributed by atoms with Crippen LogP contribution in [0.2, 0.25) is 0 Å². The van der Waals surface area contributed by atoms with Gasteiger partial charge in [-0.2, -0.15) is 0 Å². The van der Waals surface area contributed by atoms with Crippen LogP contribution in [0.5, 0.6) is 0 Å². The molecule has 0 heterocycles. The van der Waals surface area contributed by atoms with Gasteiger partial charge >= 0.3 is 0 Å². The Balaban J connectivity index is 2.23. The molecule has 0 aromatic heterocycles. The van der Waals surface area contributed by atoms with Crippen molar-refractivity contribution in [2.45, 2.75) is 38.1 Å². The zero-order chi connectivity index (χ0) is 13.2. The van der Waals surface area contributed by atoms with Gasteiger partial charge in [0.25, 0.3) is 0 Å². The van der Waals surface area contributed by atoms with Gasteiger partial charge in [-0.3, -0.25) is 4.79 Å². The fraction of sp³-hybridized carbons (Fsp3) is 0.533. The highest BCUT2D eigenvalue weighted by Crippen LogP contribution is 2.32. The number of benzene rings is 1. The van der Waals surface area contributed by atoms with E-state index in [1.54, 1.807) is 4.90 Å².